The summed E-state index contributed by atoms with van der Waals surface area (Å²) in [5, 5.41) is 0. The van der Waals surface area contributed by atoms with Crippen LogP contribution in [0.3, 0.4) is 0 Å². The first-order valence-corrected chi connectivity index (χ1v) is 6.74. The van der Waals surface area contributed by atoms with Gasteiger partial charge in [0.05, 0.1) is 12.7 Å². The highest BCUT2D eigenvalue weighted by Crippen LogP contribution is 2.38. The molecule has 0 aromatic carbocycles. The van der Waals surface area contributed by atoms with E-state index in [9.17, 15) is 0 Å². The molecule has 0 saturated carbocycles. The molecule has 1 heterocycles. The molecule has 1 aliphatic rings. The van der Waals surface area contributed by atoms with E-state index in [1.54, 1.807) is 0 Å². The van der Waals surface area contributed by atoms with E-state index in [1.165, 1.54) is 17.6 Å². The molecule has 1 saturated heterocycles. The second kappa shape index (κ2) is 5.86. The summed E-state index contributed by atoms with van der Waals surface area (Å²) >= 11 is 0. The van der Waals surface area contributed by atoms with Crippen molar-refractivity contribution in [3.8, 4) is 0 Å². The van der Waals surface area contributed by atoms with Gasteiger partial charge in [-0.1, -0.05) is 37.6 Å². The van der Waals surface area contributed by atoms with Crippen LogP contribution in [0.2, 0.25) is 0 Å². The van der Waals surface area contributed by atoms with Gasteiger partial charge >= 0.3 is 0 Å². The van der Waals surface area contributed by atoms with Crippen LogP contribution < -0.4 is 0 Å². The van der Waals surface area contributed by atoms with Gasteiger partial charge in [-0.15, -0.1) is 0 Å². The van der Waals surface area contributed by atoms with E-state index in [2.05, 4.69) is 47.3 Å². The number of hydrogen-bond donors (Lipinski definition) is 0. The molecular formula is C16H28O. The standard InChI is InChI=1S/C16H28O/c1-12(2)8-7-9-13(3)15-10-16(5,6)11-17-14(15)4/h8,14-15H,3,7,9-11H2,1-2,4-6H3/t14-,15-/m0/s1. The lowest BCUT2D eigenvalue weighted by molar-refractivity contribution is -0.0672. The van der Waals surface area contributed by atoms with Crippen molar-refractivity contribution >= 4 is 0 Å². The van der Waals surface area contributed by atoms with Crippen molar-refractivity contribution in [2.24, 2.45) is 11.3 Å². The van der Waals surface area contributed by atoms with Gasteiger partial charge in [0.2, 0.25) is 0 Å². The Morgan fingerprint density at radius 3 is 2.65 bits per heavy atom. The summed E-state index contributed by atoms with van der Waals surface area (Å²) in [6.07, 6.45) is 6.05. The Morgan fingerprint density at radius 1 is 1.41 bits per heavy atom. The van der Waals surface area contributed by atoms with E-state index in [0.717, 1.165) is 19.4 Å². The Labute approximate surface area is 107 Å². The minimum atomic E-state index is 0.302. The first kappa shape index (κ1) is 14.5. The van der Waals surface area contributed by atoms with Crippen molar-refractivity contribution in [3.63, 3.8) is 0 Å². The van der Waals surface area contributed by atoms with E-state index in [-0.39, 0.29) is 0 Å². The van der Waals surface area contributed by atoms with Gasteiger partial charge in [0, 0.05) is 5.92 Å². The molecule has 0 N–H and O–H groups in total. The van der Waals surface area contributed by atoms with E-state index in [4.69, 9.17) is 4.74 Å². The van der Waals surface area contributed by atoms with Crippen LogP contribution in [0.5, 0.6) is 0 Å². The van der Waals surface area contributed by atoms with Crippen molar-refractivity contribution in [1.29, 1.82) is 0 Å². The molecule has 0 spiro atoms. The molecule has 0 aliphatic carbocycles. The molecule has 0 radical (unpaired) electrons. The predicted octanol–water partition coefficient (Wildman–Crippen LogP) is 4.74. The quantitative estimate of drug-likeness (QED) is 0.641. The Balaban J connectivity index is 2.52. The van der Waals surface area contributed by atoms with Crippen LogP contribution in [0, 0.1) is 11.3 Å². The van der Waals surface area contributed by atoms with E-state index >= 15 is 0 Å². The molecule has 17 heavy (non-hydrogen) atoms. The van der Waals surface area contributed by atoms with Gasteiger partial charge in [-0.05, 0) is 45.4 Å². The lowest BCUT2D eigenvalue weighted by atomic mass is 9.75. The van der Waals surface area contributed by atoms with E-state index < -0.39 is 0 Å². The summed E-state index contributed by atoms with van der Waals surface area (Å²) in [5.41, 5.74) is 3.06. The Bertz CT molecular complexity index is 295. The smallest absolute Gasteiger partial charge is 0.0612 e. The normalized spacial score (nSPS) is 27.6. The Morgan fingerprint density at radius 2 is 2.06 bits per heavy atom. The molecule has 0 unspecified atom stereocenters. The van der Waals surface area contributed by atoms with Crippen molar-refractivity contribution in [2.45, 2.75) is 60.0 Å². The number of hydrogen-bond acceptors (Lipinski definition) is 1. The molecule has 2 atom stereocenters. The molecule has 1 fully saturated rings. The molecule has 1 rings (SSSR count). The fourth-order valence-corrected chi connectivity index (χ4v) is 2.50. The largest absolute Gasteiger partial charge is 0.377 e. The van der Waals surface area contributed by atoms with Gasteiger partial charge in [0.15, 0.2) is 0 Å². The van der Waals surface area contributed by atoms with Crippen LogP contribution >= 0.6 is 0 Å². The number of ether oxygens (including phenoxy) is 1. The molecule has 0 aromatic rings. The zero-order valence-corrected chi connectivity index (χ0v) is 12.2. The van der Waals surface area contributed by atoms with Gasteiger partial charge in [-0.2, -0.15) is 0 Å². The summed E-state index contributed by atoms with van der Waals surface area (Å²) in [5.74, 6) is 0.532. The molecule has 0 aromatic heterocycles. The second-order valence-electron chi connectivity index (χ2n) is 6.47. The van der Waals surface area contributed by atoms with E-state index in [1.807, 2.05) is 0 Å². The molecule has 1 heteroatoms. The van der Waals surface area contributed by atoms with Gasteiger partial charge in [0.25, 0.3) is 0 Å². The minimum Gasteiger partial charge on any atom is -0.377 e. The Hall–Kier alpha value is -0.560. The highest BCUT2D eigenvalue weighted by molar-refractivity contribution is 5.08. The number of rotatable bonds is 4. The van der Waals surface area contributed by atoms with Gasteiger partial charge in [-0.25, -0.2) is 0 Å². The first-order chi connectivity index (χ1) is 7.82. The second-order valence-corrected chi connectivity index (χ2v) is 6.47. The van der Waals surface area contributed by atoms with Crippen molar-refractivity contribution in [2.75, 3.05) is 6.61 Å². The fourth-order valence-electron chi connectivity index (χ4n) is 2.50. The molecule has 1 nitrogen and oxygen atoms in total. The maximum absolute atomic E-state index is 5.88. The summed E-state index contributed by atoms with van der Waals surface area (Å²) in [6.45, 7) is 16.2. The summed E-state index contributed by atoms with van der Waals surface area (Å²) in [4.78, 5) is 0. The summed E-state index contributed by atoms with van der Waals surface area (Å²) in [7, 11) is 0. The molecule has 0 amide bonds. The molecule has 0 bridgehead atoms. The highest BCUT2D eigenvalue weighted by atomic mass is 16.5. The monoisotopic (exact) mass is 236 g/mol. The third kappa shape index (κ3) is 4.67. The van der Waals surface area contributed by atoms with Crippen LogP contribution in [0.15, 0.2) is 23.8 Å². The van der Waals surface area contributed by atoms with Crippen molar-refractivity contribution in [3.05, 3.63) is 23.8 Å². The third-order valence-corrected chi connectivity index (χ3v) is 3.62. The van der Waals surface area contributed by atoms with Gasteiger partial charge in [0.1, 0.15) is 0 Å². The average molecular weight is 236 g/mol. The molecule has 98 valence electrons. The van der Waals surface area contributed by atoms with Gasteiger partial charge in [-0.3, -0.25) is 0 Å². The highest BCUT2D eigenvalue weighted by Gasteiger charge is 2.34. The summed E-state index contributed by atoms with van der Waals surface area (Å²) < 4.78 is 5.88. The number of allylic oxidation sites excluding steroid dienone is 2. The van der Waals surface area contributed by atoms with Crippen LogP contribution in [0.25, 0.3) is 0 Å². The molecule has 1 aliphatic heterocycles. The van der Waals surface area contributed by atoms with Crippen LogP contribution in [-0.2, 0) is 4.74 Å². The zero-order valence-electron chi connectivity index (χ0n) is 12.2. The first-order valence-electron chi connectivity index (χ1n) is 6.74. The lowest BCUT2D eigenvalue weighted by Crippen LogP contribution is -2.38. The maximum atomic E-state index is 5.88. The van der Waals surface area contributed by atoms with Crippen LogP contribution in [0.4, 0.5) is 0 Å². The lowest BCUT2D eigenvalue weighted by Gasteiger charge is -2.40. The zero-order chi connectivity index (χ0) is 13.1. The van der Waals surface area contributed by atoms with E-state index in [0.29, 0.717) is 17.4 Å². The maximum Gasteiger partial charge on any atom is 0.0612 e. The third-order valence-electron chi connectivity index (χ3n) is 3.62. The average Bonchev–Trinajstić information content (AvgIpc) is 2.21. The summed E-state index contributed by atoms with van der Waals surface area (Å²) in [6, 6.07) is 0. The topological polar surface area (TPSA) is 9.23 Å². The van der Waals surface area contributed by atoms with Crippen LogP contribution in [-0.4, -0.2) is 12.7 Å². The van der Waals surface area contributed by atoms with Crippen LogP contribution in [0.1, 0.15) is 53.9 Å². The Kier molecular flexibility index (Phi) is 5.00. The van der Waals surface area contributed by atoms with Gasteiger partial charge < -0.3 is 4.74 Å². The van der Waals surface area contributed by atoms with Crippen molar-refractivity contribution < 1.29 is 4.74 Å². The van der Waals surface area contributed by atoms with Crippen molar-refractivity contribution in [1.82, 2.24) is 0 Å². The molecular weight excluding hydrogens is 208 g/mol. The predicted molar refractivity (Wildman–Crippen MR) is 75.1 cm³/mol. The SMILES string of the molecule is C=C(CCC=C(C)C)[C@@H]1CC(C)(C)CO[C@H]1C. The fraction of sp³-hybridized carbons (Fsp3) is 0.750. The minimum absolute atomic E-state index is 0.302.